The van der Waals surface area contributed by atoms with Crippen molar-refractivity contribution in [2.24, 2.45) is 5.73 Å². The average Bonchev–Trinajstić information content (AvgIpc) is 2.66. The monoisotopic (exact) mass is 424 g/mol. The maximum Gasteiger partial charge on any atom is 0.408 e. The molecular formula is C20H28N2O8. The number of esters is 1. The Hall–Kier alpha value is -3.30. The summed E-state index contributed by atoms with van der Waals surface area (Å²) in [6.45, 7) is 4.38. The van der Waals surface area contributed by atoms with Gasteiger partial charge in [0.05, 0.1) is 19.8 Å². The number of alkyl carbamates (subject to hydrolysis) is 1. The average molecular weight is 424 g/mol. The predicted molar refractivity (Wildman–Crippen MR) is 106 cm³/mol. The molecule has 2 amide bonds. The minimum absolute atomic E-state index is 0.104. The summed E-state index contributed by atoms with van der Waals surface area (Å²) in [5.74, 6) is -1.32. The van der Waals surface area contributed by atoms with E-state index in [-0.39, 0.29) is 24.2 Å². The highest BCUT2D eigenvalue weighted by Gasteiger charge is 2.27. The van der Waals surface area contributed by atoms with Gasteiger partial charge in [-0.05, 0) is 39.3 Å². The molecule has 0 saturated heterocycles. The molecule has 166 valence electrons. The third kappa shape index (κ3) is 8.38. The van der Waals surface area contributed by atoms with Gasteiger partial charge in [0.1, 0.15) is 23.1 Å². The number of Topliss-reactive ketones (excluding diaryl/α,β-unsaturated/α-hetero) is 1. The summed E-state index contributed by atoms with van der Waals surface area (Å²) in [6.07, 6.45) is -1.14. The fourth-order valence-corrected chi connectivity index (χ4v) is 2.33. The van der Waals surface area contributed by atoms with E-state index in [9.17, 15) is 19.2 Å². The maximum atomic E-state index is 12.4. The smallest absolute Gasteiger partial charge is 0.408 e. The van der Waals surface area contributed by atoms with Gasteiger partial charge in [-0.15, -0.1) is 0 Å². The van der Waals surface area contributed by atoms with Gasteiger partial charge in [0.2, 0.25) is 11.7 Å². The Morgan fingerprint density at radius 1 is 1.10 bits per heavy atom. The van der Waals surface area contributed by atoms with E-state index < -0.39 is 42.0 Å². The van der Waals surface area contributed by atoms with E-state index in [2.05, 4.69) is 5.32 Å². The van der Waals surface area contributed by atoms with Gasteiger partial charge in [0.25, 0.3) is 0 Å². The molecule has 0 saturated carbocycles. The molecule has 0 aliphatic heterocycles. The number of ketones is 1. The van der Waals surface area contributed by atoms with Crippen LogP contribution in [0.1, 0.15) is 44.0 Å². The number of carbonyl (C=O) groups is 4. The van der Waals surface area contributed by atoms with E-state index >= 15 is 0 Å². The number of hydrogen-bond donors (Lipinski definition) is 2. The number of ether oxygens (including phenoxy) is 4. The molecule has 0 fully saturated rings. The Kier molecular flexibility index (Phi) is 9.10. The van der Waals surface area contributed by atoms with Crippen LogP contribution in [0.15, 0.2) is 18.2 Å². The maximum absolute atomic E-state index is 12.4. The van der Waals surface area contributed by atoms with Gasteiger partial charge in [-0.1, -0.05) is 0 Å². The second kappa shape index (κ2) is 11.0. The molecule has 0 aliphatic rings. The second-order valence-corrected chi connectivity index (χ2v) is 7.30. The number of amides is 2. The molecule has 0 aromatic heterocycles. The van der Waals surface area contributed by atoms with E-state index in [0.29, 0.717) is 5.75 Å². The zero-order chi connectivity index (χ0) is 22.9. The third-order valence-electron chi connectivity index (χ3n) is 3.71. The topological polar surface area (TPSA) is 143 Å². The molecule has 1 rings (SSSR count). The molecule has 0 bridgehead atoms. The van der Waals surface area contributed by atoms with Crippen molar-refractivity contribution in [3.63, 3.8) is 0 Å². The van der Waals surface area contributed by atoms with Crippen molar-refractivity contribution < 1.29 is 38.1 Å². The summed E-state index contributed by atoms with van der Waals surface area (Å²) in [4.78, 5) is 47.9. The van der Waals surface area contributed by atoms with Crippen LogP contribution >= 0.6 is 0 Å². The fraction of sp³-hybridized carbons (Fsp3) is 0.500. The molecule has 0 heterocycles. The van der Waals surface area contributed by atoms with Crippen molar-refractivity contribution in [3.8, 4) is 11.5 Å². The molecule has 1 aromatic rings. The van der Waals surface area contributed by atoms with Gasteiger partial charge in [-0.3, -0.25) is 9.59 Å². The zero-order valence-corrected chi connectivity index (χ0v) is 17.8. The lowest BCUT2D eigenvalue weighted by atomic mass is 10.1. The van der Waals surface area contributed by atoms with Gasteiger partial charge < -0.3 is 30.0 Å². The van der Waals surface area contributed by atoms with Crippen LogP contribution in [0.3, 0.4) is 0 Å². The predicted octanol–water partition coefficient (Wildman–Crippen LogP) is 1.59. The molecule has 30 heavy (non-hydrogen) atoms. The second-order valence-electron chi connectivity index (χ2n) is 7.30. The fourth-order valence-electron chi connectivity index (χ4n) is 2.33. The first-order valence-corrected chi connectivity index (χ1v) is 9.16. The molecule has 0 aliphatic carbocycles. The molecule has 10 nitrogen and oxygen atoms in total. The highest BCUT2D eigenvalue weighted by molar-refractivity contribution is 6.00. The highest BCUT2D eigenvalue weighted by atomic mass is 16.6. The number of primary amides is 1. The Labute approximate surface area is 175 Å². The van der Waals surface area contributed by atoms with Crippen LogP contribution in [0.25, 0.3) is 0 Å². The SMILES string of the molecule is COc1ccc(C(=O)COC(=O)[C@H](CCC(N)=O)NC(=O)OC(C)(C)C)c(OC)c1. The molecule has 10 heteroatoms. The molecule has 0 spiro atoms. The molecule has 0 radical (unpaired) electrons. The van der Waals surface area contributed by atoms with Crippen LogP contribution in [-0.4, -0.2) is 56.2 Å². The summed E-state index contributed by atoms with van der Waals surface area (Å²) in [5.41, 5.74) is 4.52. The number of methoxy groups -OCH3 is 2. The van der Waals surface area contributed by atoms with Crippen LogP contribution in [-0.2, 0) is 19.1 Å². The number of nitrogens with one attached hydrogen (secondary N) is 1. The highest BCUT2D eigenvalue weighted by Crippen LogP contribution is 2.25. The summed E-state index contributed by atoms with van der Waals surface area (Å²) < 4.78 is 20.4. The van der Waals surface area contributed by atoms with Crippen molar-refractivity contribution in [2.75, 3.05) is 20.8 Å². The first kappa shape index (κ1) is 24.7. The summed E-state index contributed by atoms with van der Waals surface area (Å²) in [7, 11) is 2.87. The van der Waals surface area contributed by atoms with Crippen LogP contribution in [0.2, 0.25) is 0 Å². The van der Waals surface area contributed by atoms with Gasteiger partial charge in [0, 0.05) is 12.5 Å². The minimum Gasteiger partial charge on any atom is -0.497 e. The van der Waals surface area contributed by atoms with Crippen LogP contribution in [0.4, 0.5) is 4.79 Å². The minimum atomic E-state index is -1.21. The van der Waals surface area contributed by atoms with E-state index in [0.717, 1.165) is 0 Å². The lowest BCUT2D eigenvalue weighted by Crippen LogP contribution is -2.45. The number of nitrogens with two attached hydrogens (primary N) is 1. The van der Waals surface area contributed by atoms with Crippen LogP contribution in [0, 0.1) is 0 Å². The zero-order valence-electron chi connectivity index (χ0n) is 17.8. The van der Waals surface area contributed by atoms with Gasteiger partial charge in [-0.2, -0.15) is 0 Å². The van der Waals surface area contributed by atoms with E-state index in [1.54, 1.807) is 26.8 Å². The van der Waals surface area contributed by atoms with E-state index in [1.807, 2.05) is 0 Å². The summed E-state index contributed by atoms with van der Waals surface area (Å²) in [5, 5.41) is 2.33. The lowest BCUT2D eigenvalue weighted by molar-refractivity contribution is -0.145. The van der Waals surface area contributed by atoms with Crippen molar-refractivity contribution in [2.45, 2.75) is 45.3 Å². The lowest BCUT2D eigenvalue weighted by Gasteiger charge is -2.22. The van der Waals surface area contributed by atoms with Crippen molar-refractivity contribution in [1.82, 2.24) is 5.32 Å². The van der Waals surface area contributed by atoms with Gasteiger partial charge >= 0.3 is 12.1 Å². The number of rotatable bonds is 10. The first-order valence-electron chi connectivity index (χ1n) is 9.16. The van der Waals surface area contributed by atoms with Gasteiger partial charge in [-0.25, -0.2) is 9.59 Å². The molecule has 3 N–H and O–H groups in total. The molecule has 0 unspecified atom stereocenters. The molecular weight excluding hydrogens is 396 g/mol. The normalized spacial score (nSPS) is 11.8. The Morgan fingerprint density at radius 3 is 2.30 bits per heavy atom. The van der Waals surface area contributed by atoms with E-state index in [1.165, 1.54) is 26.4 Å². The van der Waals surface area contributed by atoms with E-state index in [4.69, 9.17) is 24.7 Å². The number of carbonyl (C=O) groups excluding carboxylic acids is 4. The summed E-state index contributed by atoms with van der Waals surface area (Å²) >= 11 is 0. The summed E-state index contributed by atoms with van der Waals surface area (Å²) in [6, 6.07) is 3.36. The largest absolute Gasteiger partial charge is 0.497 e. The van der Waals surface area contributed by atoms with Crippen molar-refractivity contribution in [3.05, 3.63) is 23.8 Å². The number of benzene rings is 1. The molecule has 1 atom stereocenters. The van der Waals surface area contributed by atoms with Crippen LogP contribution in [0.5, 0.6) is 11.5 Å². The van der Waals surface area contributed by atoms with Crippen LogP contribution < -0.4 is 20.5 Å². The van der Waals surface area contributed by atoms with Gasteiger partial charge in [0.15, 0.2) is 6.61 Å². The molecule has 1 aromatic carbocycles. The Bertz CT molecular complexity index is 786. The Balaban J connectivity index is 2.81. The Morgan fingerprint density at radius 2 is 1.77 bits per heavy atom. The van der Waals surface area contributed by atoms with Crippen molar-refractivity contribution in [1.29, 1.82) is 0 Å². The third-order valence-corrected chi connectivity index (χ3v) is 3.71. The first-order chi connectivity index (χ1) is 14.0. The quantitative estimate of drug-likeness (QED) is 0.426. The standard InChI is InChI=1S/C20H28N2O8/c1-20(2,3)30-19(26)22-14(8-9-17(21)24)18(25)29-11-15(23)13-7-6-12(27-4)10-16(13)28-5/h6-7,10,14H,8-9,11H2,1-5H3,(H2,21,24)(H,22,26)/t14-/m0/s1. The van der Waals surface area contributed by atoms with Crippen molar-refractivity contribution >= 4 is 23.8 Å². The number of hydrogen-bond acceptors (Lipinski definition) is 8.